The lowest BCUT2D eigenvalue weighted by atomic mass is 9.85. The van der Waals surface area contributed by atoms with E-state index in [1.54, 1.807) is 31.2 Å². The third kappa shape index (κ3) is 4.26. The second-order valence-electron chi connectivity index (χ2n) is 7.19. The highest BCUT2D eigenvalue weighted by molar-refractivity contribution is 5.89. The average molecular weight is 330 g/mol. The maximum Gasteiger partial charge on any atom is 0.338 e. The summed E-state index contributed by atoms with van der Waals surface area (Å²) in [4.78, 5) is 12.1. The van der Waals surface area contributed by atoms with Gasteiger partial charge in [0.15, 0.2) is 0 Å². The Morgan fingerprint density at radius 2 is 1.88 bits per heavy atom. The molecule has 0 unspecified atom stereocenters. The highest BCUT2D eigenvalue weighted by Gasteiger charge is 2.46. The normalized spacial score (nSPS) is 23.8. The van der Waals surface area contributed by atoms with Gasteiger partial charge in [0.1, 0.15) is 24.9 Å². The van der Waals surface area contributed by atoms with Crippen molar-refractivity contribution in [1.82, 2.24) is 0 Å². The fraction of sp³-hybridized carbons (Fsp3) is 0.450. The molecule has 130 valence electrons. The van der Waals surface area contributed by atoms with Crippen LogP contribution in [0.5, 0.6) is 0 Å². The quantitative estimate of drug-likeness (QED) is 0.462. The lowest BCUT2D eigenvalue weighted by Gasteiger charge is -2.31. The van der Waals surface area contributed by atoms with Crippen molar-refractivity contribution in [3.05, 3.63) is 60.4 Å². The molecule has 0 bridgehead atoms. The first-order valence-corrected chi connectivity index (χ1v) is 8.08. The monoisotopic (exact) mass is 330 g/mol. The second kappa shape index (κ2) is 7.22. The lowest BCUT2D eigenvalue weighted by Crippen LogP contribution is -2.36. The first-order valence-electron chi connectivity index (χ1n) is 8.08. The van der Waals surface area contributed by atoms with E-state index in [-0.39, 0.29) is 36.3 Å². The molecule has 0 amide bonds. The van der Waals surface area contributed by atoms with E-state index in [0.29, 0.717) is 11.3 Å². The summed E-state index contributed by atoms with van der Waals surface area (Å²) in [6.45, 7) is 16.1. The van der Waals surface area contributed by atoms with Gasteiger partial charge in [0.05, 0.1) is 11.3 Å². The predicted octanol–water partition coefficient (Wildman–Crippen LogP) is 4.13. The van der Waals surface area contributed by atoms with Gasteiger partial charge < -0.3 is 14.2 Å². The number of carbonyl (C=O) groups is 1. The van der Waals surface area contributed by atoms with E-state index in [1.165, 1.54) is 0 Å². The van der Waals surface area contributed by atoms with Crippen molar-refractivity contribution in [3.8, 4) is 0 Å². The first-order chi connectivity index (χ1) is 11.2. The largest absolute Gasteiger partial charge is 0.488 e. The van der Waals surface area contributed by atoms with Gasteiger partial charge in [0, 0.05) is 0 Å². The van der Waals surface area contributed by atoms with Crippen molar-refractivity contribution >= 4 is 5.97 Å². The molecule has 1 fully saturated rings. The van der Waals surface area contributed by atoms with E-state index >= 15 is 0 Å². The van der Waals surface area contributed by atoms with Gasteiger partial charge in [-0.25, -0.2) is 4.79 Å². The van der Waals surface area contributed by atoms with Gasteiger partial charge in [-0.15, -0.1) is 0 Å². The predicted molar refractivity (Wildman–Crippen MR) is 93.7 cm³/mol. The molecule has 0 N–H and O–H groups in total. The number of benzene rings is 1. The fourth-order valence-corrected chi connectivity index (χ4v) is 2.68. The summed E-state index contributed by atoms with van der Waals surface area (Å²) in [6, 6.07) is 8.89. The third-order valence-electron chi connectivity index (χ3n) is 3.92. The van der Waals surface area contributed by atoms with Crippen LogP contribution in [0.3, 0.4) is 0 Å². The number of ether oxygens (including phenoxy) is 3. The van der Waals surface area contributed by atoms with Crippen molar-refractivity contribution in [2.24, 2.45) is 5.41 Å². The molecule has 0 spiro atoms. The highest BCUT2D eigenvalue weighted by Crippen LogP contribution is 2.38. The maximum absolute atomic E-state index is 12.1. The minimum absolute atomic E-state index is 0.120. The molecule has 1 aromatic carbocycles. The minimum atomic E-state index is -0.383. The fourth-order valence-electron chi connectivity index (χ4n) is 2.68. The number of carbonyl (C=O) groups excluding carboxylic acids is 1. The van der Waals surface area contributed by atoms with Crippen LogP contribution < -0.4 is 0 Å². The molecule has 0 saturated carbocycles. The van der Waals surface area contributed by atoms with Crippen LogP contribution in [0.25, 0.3) is 0 Å². The molecule has 1 aliphatic rings. The molecule has 1 aromatic rings. The van der Waals surface area contributed by atoms with Gasteiger partial charge in [-0.2, -0.15) is 0 Å². The van der Waals surface area contributed by atoms with Gasteiger partial charge in [0.2, 0.25) is 0 Å². The van der Waals surface area contributed by atoms with E-state index in [9.17, 15) is 4.79 Å². The van der Waals surface area contributed by atoms with Crippen LogP contribution in [0, 0.1) is 5.41 Å². The molecule has 2 rings (SSSR count). The topological polar surface area (TPSA) is 44.8 Å². The number of allylic oxidation sites excluding steroid dienone is 1. The molecular weight excluding hydrogens is 304 g/mol. The Kier molecular flexibility index (Phi) is 5.50. The average Bonchev–Trinajstić information content (AvgIpc) is 2.82. The van der Waals surface area contributed by atoms with Crippen molar-refractivity contribution in [1.29, 1.82) is 0 Å². The highest BCUT2D eigenvalue weighted by atomic mass is 16.6. The van der Waals surface area contributed by atoms with Gasteiger partial charge >= 0.3 is 5.97 Å². The van der Waals surface area contributed by atoms with Gasteiger partial charge in [-0.05, 0) is 30.0 Å². The van der Waals surface area contributed by atoms with Crippen molar-refractivity contribution in [2.75, 3.05) is 6.61 Å². The zero-order chi connectivity index (χ0) is 17.9. The van der Waals surface area contributed by atoms with Gasteiger partial charge in [-0.1, -0.05) is 52.1 Å². The Labute approximate surface area is 144 Å². The van der Waals surface area contributed by atoms with Crippen LogP contribution in [0.15, 0.2) is 54.8 Å². The summed E-state index contributed by atoms with van der Waals surface area (Å²) < 4.78 is 17.3. The second-order valence-corrected chi connectivity index (χ2v) is 7.19. The Morgan fingerprint density at radius 1 is 1.25 bits per heavy atom. The summed E-state index contributed by atoms with van der Waals surface area (Å²) in [5.41, 5.74) is 1.16. The van der Waals surface area contributed by atoms with Gasteiger partial charge in [-0.3, -0.25) is 0 Å². The Hall–Kier alpha value is -2.07. The van der Waals surface area contributed by atoms with E-state index < -0.39 is 0 Å². The van der Waals surface area contributed by atoms with Crippen LogP contribution in [0.1, 0.15) is 38.1 Å². The standard InChI is InChI=1S/C20H26O4/c1-13(2)23-17-14(3)16(24-18(17)20(4,5)6)12-22-19(21)15-10-8-7-9-11-15/h7-11,16-18H,1,3,12H2,2,4-6H3/t16-,17-,18-/m1/s1. The van der Waals surface area contributed by atoms with E-state index in [2.05, 4.69) is 33.9 Å². The van der Waals surface area contributed by atoms with E-state index in [1.807, 2.05) is 6.07 Å². The Balaban J connectivity index is 2.04. The minimum Gasteiger partial charge on any atom is -0.488 e. The van der Waals surface area contributed by atoms with E-state index in [4.69, 9.17) is 14.2 Å². The molecular formula is C20H26O4. The van der Waals surface area contributed by atoms with Crippen molar-refractivity contribution in [2.45, 2.75) is 46.0 Å². The first kappa shape index (κ1) is 18.3. The molecule has 3 atom stereocenters. The number of rotatable bonds is 5. The smallest absolute Gasteiger partial charge is 0.338 e. The molecule has 4 heteroatoms. The van der Waals surface area contributed by atoms with Crippen molar-refractivity contribution in [3.63, 3.8) is 0 Å². The Morgan fingerprint density at radius 3 is 2.42 bits per heavy atom. The zero-order valence-corrected chi connectivity index (χ0v) is 14.9. The summed E-state index contributed by atoms with van der Waals surface area (Å²) >= 11 is 0. The lowest BCUT2D eigenvalue weighted by molar-refractivity contribution is -0.0708. The molecule has 1 heterocycles. The molecule has 0 aromatic heterocycles. The third-order valence-corrected chi connectivity index (χ3v) is 3.92. The van der Waals surface area contributed by atoms with Crippen LogP contribution in [0.2, 0.25) is 0 Å². The molecule has 0 aliphatic carbocycles. The molecule has 0 radical (unpaired) electrons. The number of hydrogen-bond acceptors (Lipinski definition) is 4. The SMILES string of the molecule is C=C(C)O[C@@H]1C(=C)[C@@H](COC(=O)c2ccccc2)O[C@H]1C(C)(C)C. The maximum atomic E-state index is 12.1. The Bertz CT molecular complexity index is 612. The van der Waals surface area contributed by atoms with Gasteiger partial charge in [0.25, 0.3) is 0 Å². The van der Waals surface area contributed by atoms with E-state index in [0.717, 1.165) is 5.57 Å². The zero-order valence-electron chi connectivity index (χ0n) is 14.9. The summed E-state index contributed by atoms with van der Waals surface area (Å²) in [5.74, 6) is 0.240. The van der Waals surface area contributed by atoms with Crippen LogP contribution >= 0.6 is 0 Å². The molecule has 1 saturated heterocycles. The number of esters is 1. The molecule has 24 heavy (non-hydrogen) atoms. The summed E-state index contributed by atoms with van der Waals surface area (Å²) in [6.07, 6.45) is -0.851. The molecule has 4 nitrogen and oxygen atoms in total. The van der Waals surface area contributed by atoms with Crippen LogP contribution in [-0.2, 0) is 14.2 Å². The van der Waals surface area contributed by atoms with Crippen molar-refractivity contribution < 1.29 is 19.0 Å². The number of hydrogen-bond donors (Lipinski definition) is 0. The van der Waals surface area contributed by atoms with Crippen LogP contribution in [-0.4, -0.2) is 30.9 Å². The van der Waals surface area contributed by atoms with Crippen LogP contribution in [0.4, 0.5) is 0 Å². The summed E-state index contributed by atoms with van der Waals surface area (Å²) in [5, 5.41) is 0. The molecule has 1 aliphatic heterocycles. The summed E-state index contributed by atoms with van der Waals surface area (Å²) in [7, 11) is 0.